The van der Waals surface area contributed by atoms with Crippen molar-refractivity contribution in [1.82, 2.24) is 10.3 Å². The second-order valence-corrected chi connectivity index (χ2v) is 4.37. The van der Waals surface area contributed by atoms with Gasteiger partial charge in [-0.15, -0.1) is 0 Å². The number of nitrogens with zero attached hydrogens (tertiary/aromatic N) is 1. The van der Waals surface area contributed by atoms with Gasteiger partial charge in [-0.2, -0.15) is 0 Å². The van der Waals surface area contributed by atoms with Crippen LogP contribution in [0.3, 0.4) is 0 Å². The molecule has 0 unspecified atom stereocenters. The predicted molar refractivity (Wildman–Crippen MR) is 78.4 cm³/mol. The monoisotopic (exact) mass is 285 g/mol. The molecule has 21 heavy (non-hydrogen) atoms. The zero-order chi connectivity index (χ0) is 15.1. The van der Waals surface area contributed by atoms with E-state index in [1.54, 1.807) is 24.5 Å². The maximum atomic E-state index is 11.7. The number of anilines is 1. The number of hydrogen-bond acceptors (Lipinski definition) is 3. The van der Waals surface area contributed by atoms with Crippen molar-refractivity contribution in [1.29, 1.82) is 0 Å². The average Bonchev–Trinajstić information content (AvgIpc) is 2.48. The van der Waals surface area contributed by atoms with E-state index in [0.29, 0.717) is 18.7 Å². The first-order valence-corrected chi connectivity index (χ1v) is 6.42. The second kappa shape index (κ2) is 7.04. The number of benzene rings is 1. The number of pyridine rings is 1. The van der Waals surface area contributed by atoms with Gasteiger partial charge < -0.3 is 15.7 Å². The molecule has 0 bridgehead atoms. The summed E-state index contributed by atoms with van der Waals surface area (Å²) in [5.41, 5.74) is 1.65. The van der Waals surface area contributed by atoms with E-state index in [1.165, 1.54) is 12.1 Å². The Morgan fingerprint density at radius 3 is 2.62 bits per heavy atom. The van der Waals surface area contributed by atoms with Crippen molar-refractivity contribution in [3.63, 3.8) is 0 Å². The fraction of sp³-hybridized carbons (Fsp3) is 0.133. The highest BCUT2D eigenvalue weighted by Gasteiger charge is 2.05. The van der Waals surface area contributed by atoms with Gasteiger partial charge in [0, 0.05) is 24.6 Å². The first-order chi connectivity index (χ1) is 10.1. The van der Waals surface area contributed by atoms with Crippen LogP contribution in [0.5, 0.6) is 0 Å². The average molecular weight is 285 g/mol. The molecule has 1 aromatic carbocycles. The number of nitrogens with one attached hydrogen (secondary N) is 2. The normalized spacial score (nSPS) is 9.90. The van der Waals surface area contributed by atoms with Crippen molar-refractivity contribution >= 4 is 17.7 Å². The number of aromatic nitrogens is 1. The molecule has 1 aromatic heterocycles. The number of amides is 2. The van der Waals surface area contributed by atoms with Crippen LogP contribution in [0.4, 0.5) is 10.5 Å². The minimum Gasteiger partial charge on any atom is -0.478 e. The first-order valence-electron chi connectivity index (χ1n) is 6.42. The van der Waals surface area contributed by atoms with E-state index in [1.807, 2.05) is 12.1 Å². The van der Waals surface area contributed by atoms with E-state index >= 15 is 0 Å². The Labute approximate surface area is 121 Å². The van der Waals surface area contributed by atoms with Crippen LogP contribution in [-0.4, -0.2) is 28.6 Å². The molecule has 0 aliphatic carbocycles. The van der Waals surface area contributed by atoms with Gasteiger partial charge in [-0.25, -0.2) is 9.59 Å². The molecule has 2 amide bonds. The summed E-state index contributed by atoms with van der Waals surface area (Å²) in [6.07, 6.45) is 4.10. The van der Waals surface area contributed by atoms with Gasteiger partial charge in [0.25, 0.3) is 0 Å². The molecule has 0 fully saturated rings. The number of urea groups is 1. The highest BCUT2D eigenvalue weighted by molar-refractivity contribution is 5.93. The molecule has 108 valence electrons. The van der Waals surface area contributed by atoms with Gasteiger partial charge in [-0.1, -0.05) is 6.07 Å². The summed E-state index contributed by atoms with van der Waals surface area (Å²) in [6.45, 7) is 0.481. The van der Waals surface area contributed by atoms with Crippen molar-refractivity contribution in [2.75, 3.05) is 11.9 Å². The van der Waals surface area contributed by atoms with Crippen molar-refractivity contribution in [3.8, 4) is 0 Å². The molecule has 2 rings (SSSR count). The number of aromatic carboxylic acids is 1. The first kappa shape index (κ1) is 14.5. The Morgan fingerprint density at radius 2 is 1.90 bits per heavy atom. The molecule has 0 saturated heterocycles. The zero-order valence-electron chi connectivity index (χ0n) is 11.2. The summed E-state index contributed by atoms with van der Waals surface area (Å²) >= 11 is 0. The maximum absolute atomic E-state index is 11.7. The van der Waals surface area contributed by atoms with Crippen LogP contribution in [0.1, 0.15) is 15.9 Å². The van der Waals surface area contributed by atoms with Gasteiger partial charge in [-0.05, 0) is 42.3 Å². The Kier molecular flexibility index (Phi) is 4.87. The molecule has 0 radical (unpaired) electrons. The fourth-order valence-electron chi connectivity index (χ4n) is 1.78. The number of carboxylic acid groups (broad SMARTS) is 1. The Morgan fingerprint density at radius 1 is 1.14 bits per heavy atom. The highest BCUT2D eigenvalue weighted by Crippen LogP contribution is 2.10. The Bertz CT molecular complexity index is 629. The van der Waals surface area contributed by atoms with Crippen LogP contribution in [-0.2, 0) is 6.42 Å². The summed E-state index contributed by atoms with van der Waals surface area (Å²) in [7, 11) is 0. The number of hydrogen-bond donors (Lipinski definition) is 3. The smallest absolute Gasteiger partial charge is 0.335 e. The van der Waals surface area contributed by atoms with E-state index in [0.717, 1.165) is 5.56 Å². The lowest BCUT2D eigenvalue weighted by atomic mass is 10.2. The van der Waals surface area contributed by atoms with Crippen LogP contribution in [0.15, 0.2) is 48.8 Å². The molecule has 1 heterocycles. The molecule has 6 nitrogen and oxygen atoms in total. The van der Waals surface area contributed by atoms with E-state index < -0.39 is 5.97 Å². The van der Waals surface area contributed by atoms with Crippen LogP contribution < -0.4 is 10.6 Å². The lowest BCUT2D eigenvalue weighted by Crippen LogP contribution is -2.30. The number of carbonyl (C=O) groups excluding carboxylic acids is 1. The number of carbonyl (C=O) groups is 2. The van der Waals surface area contributed by atoms with Gasteiger partial charge in [0.2, 0.25) is 0 Å². The van der Waals surface area contributed by atoms with Crippen molar-refractivity contribution in [3.05, 3.63) is 59.9 Å². The zero-order valence-corrected chi connectivity index (χ0v) is 11.2. The SMILES string of the molecule is O=C(NCCc1ccncc1)Nc1cccc(C(=O)O)c1. The van der Waals surface area contributed by atoms with Gasteiger partial charge in [0.15, 0.2) is 0 Å². The molecule has 0 spiro atoms. The van der Waals surface area contributed by atoms with Gasteiger partial charge in [-0.3, -0.25) is 4.98 Å². The van der Waals surface area contributed by atoms with Crippen LogP contribution in [0, 0.1) is 0 Å². The Balaban J connectivity index is 1.82. The third-order valence-electron chi connectivity index (χ3n) is 2.82. The van der Waals surface area contributed by atoms with E-state index in [9.17, 15) is 9.59 Å². The molecule has 0 saturated carbocycles. The predicted octanol–water partition coefficient (Wildman–Crippen LogP) is 2.14. The van der Waals surface area contributed by atoms with Gasteiger partial charge in [0.1, 0.15) is 0 Å². The minimum absolute atomic E-state index is 0.129. The molecule has 2 aromatic rings. The van der Waals surface area contributed by atoms with E-state index in [-0.39, 0.29) is 11.6 Å². The van der Waals surface area contributed by atoms with E-state index in [2.05, 4.69) is 15.6 Å². The van der Waals surface area contributed by atoms with Gasteiger partial charge >= 0.3 is 12.0 Å². The maximum Gasteiger partial charge on any atom is 0.335 e. The quantitative estimate of drug-likeness (QED) is 0.785. The molecule has 0 aliphatic heterocycles. The second-order valence-electron chi connectivity index (χ2n) is 4.37. The molecular formula is C15H15N3O3. The number of rotatable bonds is 5. The lowest BCUT2D eigenvalue weighted by Gasteiger charge is -2.08. The van der Waals surface area contributed by atoms with Crippen LogP contribution in [0.25, 0.3) is 0 Å². The molecular weight excluding hydrogens is 270 g/mol. The molecule has 6 heteroatoms. The van der Waals surface area contributed by atoms with Crippen molar-refractivity contribution < 1.29 is 14.7 Å². The largest absolute Gasteiger partial charge is 0.478 e. The fourth-order valence-corrected chi connectivity index (χ4v) is 1.78. The Hall–Kier alpha value is -2.89. The van der Waals surface area contributed by atoms with Crippen LogP contribution in [0.2, 0.25) is 0 Å². The standard InChI is InChI=1S/C15H15N3O3/c19-14(20)12-2-1-3-13(10-12)18-15(21)17-9-6-11-4-7-16-8-5-11/h1-5,7-8,10H,6,9H2,(H,19,20)(H2,17,18,21). The highest BCUT2D eigenvalue weighted by atomic mass is 16.4. The summed E-state index contributed by atoms with van der Waals surface area (Å²) in [6, 6.07) is 9.49. The molecule has 0 aliphatic rings. The third-order valence-corrected chi connectivity index (χ3v) is 2.82. The van der Waals surface area contributed by atoms with Crippen LogP contribution >= 0.6 is 0 Å². The lowest BCUT2D eigenvalue weighted by molar-refractivity contribution is 0.0697. The summed E-state index contributed by atoms with van der Waals surface area (Å²) in [5, 5.41) is 14.2. The van der Waals surface area contributed by atoms with Crippen molar-refractivity contribution in [2.45, 2.75) is 6.42 Å². The number of carboxylic acids is 1. The topological polar surface area (TPSA) is 91.3 Å². The van der Waals surface area contributed by atoms with E-state index in [4.69, 9.17) is 5.11 Å². The molecule has 3 N–H and O–H groups in total. The minimum atomic E-state index is -1.03. The summed E-state index contributed by atoms with van der Waals surface area (Å²) < 4.78 is 0. The van der Waals surface area contributed by atoms with Gasteiger partial charge in [0.05, 0.1) is 5.56 Å². The summed E-state index contributed by atoms with van der Waals surface area (Å²) in [5.74, 6) is -1.03. The third kappa shape index (κ3) is 4.61. The molecule has 0 atom stereocenters. The van der Waals surface area contributed by atoms with Crippen molar-refractivity contribution in [2.24, 2.45) is 0 Å². The summed E-state index contributed by atoms with van der Waals surface area (Å²) in [4.78, 5) is 26.5.